The van der Waals surface area contributed by atoms with Crippen LogP contribution in [-0.2, 0) is 21.7 Å². The Morgan fingerprint density at radius 3 is 2.00 bits per heavy atom. The summed E-state index contributed by atoms with van der Waals surface area (Å²) in [6, 6.07) is 0. The Morgan fingerprint density at radius 1 is 1.50 bits per heavy atom. The zero-order chi connectivity index (χ0) is 4.12. The van der Waals surface area contributed by atoms with Crippen molar-refractivity contribution < 1.29 is 21.7 Å². The van der Waals surface area contributed by atoms with Crippen molar-refractivity contribution >= 4 is 0 Å². The van der Waals surface area contributed by atoms with Crippen LogP contribution < -0.4 is 0 Å². The van der Waals surface area contributed by atoms with Gasteiger partial charge in [0.15, 0.2) is 0 Å². The quantitative estimate of drug-likeness (QED) is 0.276. The first-order valence-corrected chi connectivity index (χ1v) is 1.58. The average molecular weight is 115 g/mol. The minimum Gasteiger partial charge on any atom is -0.293 e. The van der Waals surface area contributed by atoms with Crippen LogP contribution in [0.15, 0.2) is 18.2 Å². The van der Waals surface area contributed by atoms with Crippen LogP contribution in [0.3, 0.4) is 0 Å². The van der Waals surface area contributed by atoms with E-state index in [0.29, 0.717) is 0 Å². The van der Waals surface area contributed by atoms with Gasteiger partial charge < -0.3 is 0 Å². The topological polar surface area (TPSA) is 0 Å². The van der Waals surface area contributed by atoms with Gasteiger partial charge in [0.1, 0.15) is 0 Å². The molecule has 0 saturated heterocycles. The Labute approximate surface area is 53.8 Å². The molecule has 0 radical (unpaired) electrons. The van der Waals surface area contributed by atoms with Gasteiger partial charge in [0.05, 0.1) is 0 Å². The van der Waals surface area contributed by atoms with Crippen molar-refractivity contribution in [2.24, 2.45) is 0 Å². The molecule has 0 bridgehead atoms. The van der Waals surface area contributed by atoms with E-state index in [2.05, 4.69) is 0 Å². The van der Waals surface area contributed by atoms with Gasteiger partial charge >= 0.3 is 21.7 Å². The third kappa shape index (κ3) is 8.89. The summed E-state index contributed by atoms with van der Waals surface area (Å²) in [6.07, 6.45) is 5.15. The van der Waals surface area contributed by atoms with E-state index in [1.54, 1.807) is 6.08 Å². The van der Waals surface area contributed by atoms with E-state index in [4.69, 9.17) is 6.58 Å². The second kappa shape index (κ2) is 8.96. The first kappa shape index (κ1) is 9.50. The molecular formula is C5H7Ti+. The van der Waals surface area contributed by atoms with Gasteiger partial charge in [0.25, 0.3) is 0 Å². The van der Waals surface area contributed by atoms with Crippen LogP contribution in [0.5, 0.6) is 0 Å². The molecule has 0 heterocycles. The Hall–Kier alpha value is 0.194. The summed E-state index contributed by atoms with van der Waals surface area (Å²) in [7, 11) is 0. The van der Waals surface area contributed by atoms with Gasteiger partial charge in [-0.1, -0.05) is 6.92 Å². The van der Waals surface area contributed by atoms with Crippen molar-refractivity contribution in [1.29, 1.82) is 0 Å². The predicted molar refractivity (Wildman–Crippen MR) is 23.7 cm³/mol. The van der Waals surface area contributed by atoms with E-state index in [0.717, 1.165) is 0 Å². The fraction of sp³-hybridized carbons (Fsp3) is 0.200. The molecule has 0 aliphatic rings. The number of rotatable bonds is 1. The predicted octanol–water partition coefficient (Wildman–Crippen LogP) is 1.55. The summed E-state index contributed by atoms with van der Waals surface area (Å²) < 4.78 is 0. The molecule has 0 atom stereocenters. The van der Waals surface area contributed by atoms with Gasteiger partial charge in [-0.2, -0.15) is 6.08 Å². The van der Waals surface area contributed by atoms with Gasteiger partial charge in [0.2, 0.25) is 0 Å². The molecule has 0 aliphatic heterocycles. The Kier molecular flexibility index (Phi) is 14.2. The Balaban J connectivity index is 0. The van der Waals surface area contributed by atoms with Gasteiger partial charge in [-0.15, -0.1) is 0 Å². The zero-order valence-electron chi connectivity index (χ0n) is 3.81. The van der Waals surface area contributed by atoms with Crippen LogP contribution in [0.2, 0.25) is 0 Å². The molecule has 6 heavy (non-hydrogen) atoms. The Morgan fingerprint density at radius 2 is 2.00 bits per heavy atom. The summed E-state index contributed by atoms with van der Waals surface area (Å²) in [4.78, 5) is 0. The van der Waals surface area contributed by atoms with E-state index >= 15 is 0 Å². The number of allylic oxidation sites excluding steroid dienone is 3. The van der Waals surface area contributed by atoms with Crippen LogP contribution in [0.25, 0.3) is 0 Å². The Bertz CT molecular complexity index is 45.9. The first-order valence-electron chi connectivity index (χ1n) is 1.58. The summed E-state index contributed by atoms with van der Waals surface area (Å²) in [5.74, 6) is 0. The molecule has 0 fully saturated rings. The maximum Gasteiger partial charge on any atom is 2.00 e. The molecule has 0 nitrogen and oxygen atoms in total. The van der Waals surface area contributed by atoms with Crippen LogP contribution >= 0.6 is 0 Å². The largest absolute Gasteiger partial charge is 2.00 e. The zero-order valence-corrected chi connectivity index (χ0v) is 5.37. The van der Waals surface area contributed by atoms with Gasteiger partial charge in [-0.25, -0.2) is 12.2 Å². The van der Waals surface area contributed by atoms with Gasteiger partial charge in [0, 0.05) is 0 Å². The fourth-order valence-corrected chi connectivity index (χ4v) is 0.111. The molecule has 30 valence electrons. The SMILES string of the molecule is [CH-]=C/C=C/C.[Ti+2]. The van der Waals surface area contributed by atoms with Gasteiger partial charge in [-0.05, 0) is 0 Å². The molecule has 0 amide bonds. The van der Waals surface area contributed by atoms with E-state index in [1.165, 1.54) is 6.08 Å². The van der Waals surface area contributed by atoms with Gasteiger partial charge in [-0.3, -0.25) is 6.58 Å². The van der Waals surface area contributed by atoms with E-state index in [9.17, 15) is 0 Å². The molecule has 0 aliphatic carbocycles. The first-order chi connectivity index (χ1) is 2.41. The molecule has 0 unspecified atom stereocenters. The smallest absolute Gasteiger partial charge is 0.293 e. The summed E-state index contributed by atoms with van der Waals surface area (Å²) >= 11 is 0. The minimum atomic E-state index is 0. The van der Waals surface area contributed by atoms with Crippen LogP contribution in [-0.4, -0.2) is 0 Å². The molecule has 0 saturated carbocycles. The van der Waals surface area contributed by atoms with Crippen molar-refractivity contribution in [1.82, 2.24) is 0 Å². The van der Waals surface area contributed by atoms with Crippen molar-refractivity contribution in [3.8, 4) is 0 Å². The normalized spacial score (nSPS) is 7.50. The third-order valence-electron chi connectivity index (χ3n) is 0.304. The van der Waals surface area contributed by atoms with Crippen molar-refractivity contribution in [2.45, 2.75) is 6.92 Å². The van der Waals surface area contributed by atoms with Crippen molar-refractivity contribution in [3.63, 3.8) is 0 Å². The molecule has 0 rings (SSSR count). The van der Waals surface area contributed by atoms with E-state index < -0.39 is 0 Å². The summed E-state index contributed by atoms with van der Waals surface area (Å²) in [5, 5.41) is 0. The maximum absolute atomic E-state index is 4.93. The molecule has 0 aromatic rings. The second-order valence-electron chi connectivity index (χ2n) is 0.718. The number of hydrogen-bond acceptors (Lipinski definition) is 0. The van der Waals surface area contributed by atoms with Crippen molar-refractivity contribution in [3.05, 3.63) is 24.8 Å². The molecule has 0 spiro atoms. The summed E-state index contributed by atoms with van der Waals surface area (Å²) in [5.41, 5.74) is 0. The average Bonchev–Trinajstić information content (AvgIpc) is 1.41. The molecule has 1 heteroatoms. The monoisotopic (exact) mass is 115 g/mol. The van der Waals surface area contributed by atoms with Crippen LogP contribution in [0, 0.1) is 6.58 Å². The third-order valence-corrected chi connectivity index (χ3v) is 0.304. The summed E-state index contributed by atoms with van der Waals surface area (Å²) in [6.45, 7) is 6.85. The second-order valence-corrected chi connectivity index (χ2v) is 0.718. The standard InChI is InChI=1S/C5H7.Ti/c1-3-5-4-2;/h1,3-5H,2H3;/q-1;+2/b5-4+;. The molecule has 0 N–H and O–H groups in total. The van der Waals surface area contributed by atoms with E-state index in [-0.39, 0.29) is 21.7 Å². The molecule has 0 aromatic heterocycles. The maximum atomic E-state index is 4.93. The molecular weight excluding hydrogens is 108 g/mol. The van der Waals surface area contributed by atoms with Crippen molar-refractivity contribution in [2.75, 3.05) is 0 Å². The van der Waals surface area contributed by atoms with Crippen LogP contribution in [0.1, 0.15) is 6.92 Å². The fourth-order valence-electron chi connectivity index (χ4n) is 0.111. The van der Waals surface area contributed by atoms with E-state index in [1.807, 2.05) is 13.0 Å². The molecule has 0 aromatic carbocycles. The van der Waals surface area contributed by atoms with Crippen LogP contribution in [0.4, 0.5) is 0 Å². The minimum absolute atomic E-state index is 0. The number of hydrogen-bond donors (Lipinski definition) is 0.